The van der Waals surface area contributed by atoms with Crippen LogP contribution in [0.2, 0.25) is 0 Å². The second kappa shape index (κ2) is 7.13. The Kier molecular flexibility index (Phi) is 5.22. The lowest BCUT2D eigenvalue weighted by atomic mass is 10.1. The number of carbonyl (C=O) groups is 1. The molecule has 0 unspecified atom stereocenters. The van der Waals surface area contributed by atoms with Crippen LogP contribution in [0.1, 0.15) is 30.8 Å². The first-order valence-electron chi connectivity index (χ1n) is 7.31. The van der Waals surface area contributed by atoms with E-state index in [1.807, 2.05) is 18.2 Å². The third-order valence-corrected chi connectivity index (χ3v) is 3.30. The van der Waals surface area contributed by atoms with Gasteiger partial charge in [0.05, 0.1) is 17.8 Å². The lowest BCUT2D eigenvalue weighted by molar-refractivity contribution is 0.0902. The molecule has 1 aromatic heterocycles. The van der Waals surface area contributed by atoms with Gasteiger partial charge >= 0.3 is 0 Å². The smallest absolute Gasteiger partial charge is 0.267 e. The molecule has 1 amide bonds. The molecule has 0 atom stereocenters. The summed E-state index contributed by atoms with van der Waals surface area (Å²) in [6.45, 7) is 6.08. The summed E-state index contributed by atoms with van der Waals surface area (Å²) in [5, 5.41) is 3.77. The van der Waals surface area contributed by atoms with Gasteiger partial charge in [-0.25, -0.2) is 0 Å². The third kappa shape index (κ3) is 4.23. The summed E-state index contributed by atoms with van der Waals surface area (Å²) >= 11 is 0. The van der Waals surface area contributed by atoms with Crippen LogP contribution < -0.4 is 11.1 Å². The predicted octanol–water partition coefficient (Wildman–Crippen LogP) is 2.54. The van der Waals surface area contributed by atoms with Crippen LogP contribution in [-0.2, 0) is 4.74 Å². The Morgan fingerprint density at radius 2 is 2.19 bits per heavy atom. The minimum absolute atomic E-state index is 0.141. The van der Waals surface area contributed by atoms with Crippen LogP contribution in [0.15, 0.2) is 24.3 Å². The number of hydrogen-bond donors (Lipinski definition) is 3. The number of hydrogen-bond acceptors (Lipinski definition) is 3. The number of para-hydroxylation sites is 1. The van der Waals surface area contributed by atoms with E-state index < -0.39 is 0 Å². The minimum atomic E-state index is -0.141. The Bertz CT molecular complexity index is 605. The molecule has 4 N–H and O–H groups in total. The number of fused-ring (bicyclic) bond motifs is 1. The van der Waals surface area contributed by atoms with Crippen molar-refractivity contribution in [1.29, 1.82) is 0 Å². The quantitative estimate of drug-likeness (QED) is 0.541. The first kappa shape index (κ1) is 15.4. The van der Waals surface area contributed by atoms with Crippen molar-refractivity contribution >= 4 is 22.5 Å². The van der Waals surface area contributed by atoms with Crippen molar-refractivity contribution in [3.05, 3.63) is 30.0 Å². The highest BCUT2D eigenvalue weighted by Crippen LogP contribution is 2.20. The Morgan fingerprint density at radius 1 is 1.38 bits per heavy atom. The largest absolute Gasteiger partial charge is 0.397 e. The van der Waals surface area contributed by atoms with Crippen molar-refractivity contribution < 1.29 is 9.53 Å². The molecule has 0 radical (unpaired) electrons. The topological polar surface area (TPSA) is 80.1 Å². The second-order valence-corrected chi connectivity index (χ2v) is 5.55. The molecular formula is C16H23N3O2. The molecule has 5 nitrogen and oxygen atoms in total. The van der Waals surface area contributed by atoms with E-state index in [1.165, 1.54) is 0 Å². The van der Waals surface area contributed by atoms with Gasteiger partial charge in [-0.1, -0.05) is 26.0 Å². The van der Waals surface area contributed by atoms with Crippen LogP contribution in [0.25, 0.3) is 10.9 Å². The number of ether oxygens (including phenoxy) is 1. The summed E-state index contributed by atoms with van der Waals surface area (Å²) in [5.41, 5.74) is 7.83. The molecule has 114 valence electrons. The van der Waals surface area contributed by atoms with Gasteiger partial charge in [0.1, 0.15) is 5.69 Å². The number of anilines is 1. The molecule has 0 aliphatic rings. The number of rotatable bonds is 7. The number of nitrogen functional groups attached to an aromatic ring is 1. The number of H-pyrrole nitrogens is 1. The highest BCUT2D eigenvalue weighted by molar-refractivity contribution is 6.00. The van der Waals surface area contributed by atoms with Crippen molar-refractivity contribution in [2.24, 2.45) is 5.92 Å². The highest BCUT2D eigenvalue weighted by Gasteiger charge is 2.10. The minimum Gasteiger partial charge on any atom is -0.397 e. The summed E-state index contributed by atoms with van der Waals surface area (Å²) < 4.78 is 5.46. The molecule has 2 aromatic rings. The van der Waals surface area contributed by atoms with Crippen LogP contribution in [0.3, 0.4) is 0 Å². The van der Waals surface area contributed by atoms with Gasteiger partial charge in [-0.2, -0.15) is 0 Å². The fourth-order valence-electron chi connectivity index (χ4n) is 2.06. The lowest BCUT2D eigenvalue weighted by Crippen LogP contribution is -2.27. The van der Waals surface area contributed by atoms with Gasteiger partial charge < -0.3 is 20.8 Å². The van der Waals surface area contributed by atoms with Gasteiger partial charge in [0.2, 0.25) is 0 Å². The van der Waals surface area contributed by atoms with Crippen molar-refractivity contribution in [3.63, 3.8) is 0 Å². The molecule has 5 heteroatoms. The number of carbonyl (C=O) groups excluding carboxylic acids is 1. The molecule has 0 saturated heterocycles. The zero-order valence-electron chi connectivity index (χ0n) is 12.6. The molecule has 0 bridgehead atoms. The second-order valence-electron chi connectivity index (χ2n) is 5.55. The summed E-state index contributed by atoms with van der Waals surface area (Å²) in [4.78, 5) is 15.1. The number of nitrogens with one attached hydrogen (secondary N) is 2. The standard InChI is InChI=1S/C16H23N3O2/c1-11(2)6-8-21-9-7-18-16(20)14-10-12-4-3-5-13(17)15(12)19-14/h3-5,10-11,19H,6-9,17H2,1-2H3,(H,18,20). The number of amides is 1. The Hall–Kier alpha value is -2.01. The van der Waals surface area contributed by atoms with Crippen molar-refractivity contribution in [2.45, 2.75) is 20.3 Å². The molecule has 0 spiro atoms. The van der Waals surface area contributed by atoms with E-state index in [9.17, 15) is 4.79 Å². The van der Waals surface area contributed by atoms with E-state index in [2.05, 4.69) is 24.1 Å². The zero-order chi connectivity index (χ0) is 15.2. The average Bonchev–Trinajstić information content (AvgIpc) is 2.87. The Balaban J connectivity index is 1.81. The van der Waals surface area contributed by atoms with Gasteiger partial charge in [-0.05, 0) is 24.5 Å². The van der Waals surface area contributed by atoms with E-state index in [4.69, 9.17) is 10.5 Å². The number of benzene rings is 1. The normalized spacial score (nSPS) is 11.2. The van der Waals surface area contributed by atoms with Crippen LogP contribution in [0.4, 0.5) is 5.69 Å². The van der Waals surface area contributed by atoms with E-state index in [1.54, 1.807) is 6.07 Å². The van der Waals surface area contributed by atoms with Gasteiger partial charge in [0, 0.05) is 18.5 Å². The zero-order valence-corrected chi connectivity index (χ0v) is 12.6. The molecule has 0 fully saturated rings. The molecule has 0 aliphatic heterocycles. The maximum atomic E-state index is 12.0. The molecular weight excluding hydrogens is 266 g/mol. The number of aromatic nitrogens is 1. The molecule has 2 rings (SSSR count). The molecule has 0 aliphatic carbocycles. The van der Waals surface area contributed by atoms with E-state index >= 15 is 0 Å². The Labute approximate surface area is 124 Å². The average molecular weight is 289 g/mol. The first-order valence-corrected chi connectivity index (χ1v) is 7.31. The van der Waals surface area contributed by atoms with Gasteiger partial charge in [-0.3, -0.25) is 4.79 Å². The summed E-state index contributed by atoms with van der Waals surface area (Å²) in [6.07, 6.45) is 1.04. The van der Waals surface area contributed by atoms with Crippen molar-refractivity contribution in [1.82, 2.24) is 10.3 Å². The maximum Gasteiger partial charge on any atom is 0.267 e. The van der Waals surface area contributed by atoms with E-state index in [0.29, 0.717) is 30.5 Å². The van der Waals surface area contributed by atoms with Gasteiger partial charge in [-0.15, -0.1) is 0 Å². The molecule has 1 heterocycles. The summed E-state index contributed by atoms with van der Waals surface area (Å²) in [7, 11) is 0. The van der Waals surface area contributed by atoms with Gasteiger partial charge in [0.15, 0.2) is 0 Å². The number of nitrogens with two attached hydrogens (primary N) is 1. The van der Waals surface area contributed by atoms with E-state index in [-0.39, 0.29) is 5.91 Å². The third-order valence-electron chi connectivity index (χ3n) is 3.30. The van der Waals surface area contributed by atoms with Crippen LogP contribution >= 0.6 is 0 Å². The molecule has 0 saturated carbocycles. The summed E-state index contributed by atoms with van der Waals surface area (Å²) in [5.74, 6) is 0.495. The van der Waals surface area contributed by atoms with Crippen LogP contribution in [0.5, 0.6) is 0 Å². The maximum absolute atomic E-state index is 12.0. The highest BCUT2D eigenvalue weighted by atomic mass is 16.5. The van der Waals surface area contributed by atoms with Crippen molar-refractivity contribution in [2.75, 3.05) is 25.5 Å². The molecule has 21 heavy (non-hydrogen) atoms. The fourth-order valence-corrected chi connectivity index (χ4v) is 2.06. The first-order chi connectivity index (χ1) is 10.1. The number of aromatic amines is 1. The van der Waals surface area contributed by atoms with Crippen LogP contribution in [0, 0.1) is 5.92 Å². The van der Waals surface area contributed by atoms with E-state index in [0.717, 1.165) is 23.9 Å². The lowest BCUT2D eigenvalue weighted by Gasteiger charge is -2.07. The van der Waals surface area contributed by atoms with Gasteiger partial charge in [0.25, 0.3) is 5.91 Å². The monoisotopic (exact) mass is 289 g/mol. The molecule has 1 aromatic carbocycles. The van der Waals surface area contributed by atoms with Crippen molar-refractivity contribution in [3.8, 4) is 0 Å². The van der Waals surface area contributed by atoms with Crippen LogP contribution in [-0.4, -0.2) is 30.6 Å². The fraction of sp³-hybridized carbons (Fsp3) is 0.438. The Morgan fingerprint density at radius 3 is 2.90 bits per heavy atom. The SMILES string of the molecule is CC(C)CCOCCNC(=O)c1cc2cccc(N)c2[nH]1. The summed E-state index contributed by atoms with van der Waals surface area (Å²) in [6, 6.07) is 7.41. The predicted molar refractivity (Wildman–Crippen MR) is 85.3 cm³/mol.